The molecule has 1 aromatic carbocycles. The molecular weight excluding hydrogens is 376 g/mol. The molecule has 1 heterocycles. The Bertz CT molecular complexity index is 876. The molecule has 0 aliphatic rings. The van der Waals surface area contributed by atoms with Gasteiger partial charge in [-0.2, -0.15) is 0 Å². The first-order chi connectivity index (χ1) is 14.3. The largest absolute Gasteiger partial charge is 0.352 e. The lowest BCUT2D eigenvalue weighted by molar-refractivity contribution is -0.136. The van der Waals surface area contributed by atoms with Crippen molar-refractivity contribution in [2.75, 3.05) is 6.54 Å². The average molecular weight is 413 g/mol. The lowest BCUT2D eigenvalue weighted by Crippen LogP contribution is -2.45. The lowest BCUT2D eigenvalue weighted by Gasteiger charge is -2.34. The summed E-state index contributed by atoms with van der Waals surface area (Å²) >= 11 is 0. The van der Waals surface area contributed by atoms with Crippen molar-refractivity contribution >= 4 is 22.8 Å². The monoisotopic (exact) mass is 412 g/mol. The Morgan fingerprint density at radius 1 is 1.17 bits per heavy atom. The van der Waals surface area contributed by atoms with Gasteiger partial charge in [-0.05, 0) is 52.2 Å². The number of imidazole rings is 1. The maximum atomic E-state index is 13.3. The number of aryl methyl sites for hydroxylation is 1. The van der Waals surface area contributed by atoms with Crippen molar-refractivity contribution < 1.29 is 9.59 Å². The Labute approximate surface area is 180 Å². The summed E-state index contributed by atoms with van der Waals surface area (Å²) in [5, 5.41) is 2.86. The minimum absolute atomic E-state index is 0.124. The molecule has 0 radical (unpaired) electrons. The molecule has 1 aromatic heterocycles. The standard InChI is InChI=1S/C24H36N4O2/c1-7-18(5)28(19(6)8-2)23(29)16-27-21-13-10-9-12-20(21)26-22(27)14-11-15-25-24(30)17(3)4/h9-10,12-13,18-19H,3,7-8,11,14-16H2,1-2,4-6H3,(H,25,30). The highest BCUT2D eigenvalue weighted by Crippen LogP contribution is 2.19. The molecule has 30 heavy (non-hydrogen) atoms. The van der Waals surface area contributed by atoms with E-state index < -0.39 is 0 Å². The third kappa shape index (κ3) is 5.71. The summed E-state index contributed by atoms with van der Waals surface area (Å²) in [6, 6.07) is 8.32. The fourth-order valence-corrected chi connectivity index (χ4v) is 3.63. The van der Waals surface area contributed by atoms with Crippen LogP contribution in [0.1, 0.15) is 59.7 Å². The molecule has 6 nitrogen and oxygen atoms in total. The van der Waals surface area contributed by atoms with Gasteiger partial charge in [-0.25, -0.2) is 4.98 Å². The number of aromatic nitrogens is 2. The highest BCUT2D eigenvalue weighted by atomic mass is 16.2. The van der Waals surface area contributed by atoms with Crippen LogP contribution in [-0.4, -0.2) is 44.9 Å². The predicted octanol–water partition coefficient (Wildman–Crippen LogP) is 4.09. The van der Waals surface area contributed by atoms with Crippen LogP contribution in [-0.2, 0) is 22.6 Å². The normalized spacial score (nSPS) is 13.1. The molecule has 0 aliphatic heterocycles. The Morgan fingerprint density at radius 3 is 2.40 bits per heavy atom. The van der Waals surface area contributed by atoms with Gasteiger partial charge in [0.25, 0.3) is 0 Å². The van der Waals surface area contributed by atoms with Crippen LogP contribution in [0.25, 0.3) is 11.0 Å². The van der Waals surface area contributed by atoms with Gasteiger partial charge in [-0.3, -0.25) is 9.59 Å². The van der Waals surface area contributed by atoms with Gasteiger partial charge in [-0.1, -0.05) is 32.6 Å². The lowest BCUT2D eigenvalue weighted by atomic mass is 10.1. The van der Waals surface area contributed by atoms with Crippen molar-refractivity contribution in [1.82, 2.24) is 19.8 Å². The quantitative estimate of drug-likeness (QED) is 0.447. The zero-order valence-corrected chi connectivity index (χ0v) is 19.1. The molecule has 0 bridgehead atoms. The van der Waals surface area contributed by atoms with Crippen LogP contribution >= 0.6 is 0 Å². The highest BCUT2D eigenvalue weighted by Gasteiger charge is 2.25. The number of hydrogen-bond donors (Lipinski definition) is 1. The summed E-state index contributed by atoms with van der Waals surface area (Å²) < 4.78 is 2.04. The fourth-order valence-electron chi connectivity index (χ4n) is 3.63. The van der Waals surface area contributed by atoms with Crippen molar-refractivity contribution in [3.8, 4) is 0 Å². The van der Waals surface area contributed by atoms with E-state index in [9.17, 15) is 9.59 Å². The van der Waals surface area contributed by atoms with E-state index in [0.717, 1.165) is 36.1 Å². The van der Waals surface area contributed by atoms with E-state index in [1.165, 1.54) is 0 Å². The Hall–Kier alpha value is -2.63. The Balaban J connectivity index is 2.22. The molecule has 0 fully saturated rings. The van der Waals surface area contributed by atoms with E-state index in [-0.39, 0.29) is 30.4 Å². The molecule has 2 amide bonds. The third-order valence-corrected chi connectivity index (χ3v) is 5.70. The van der Waals surface area contributed by atoms with E-state index in [0.29, 0.717) is 18.5 Å². The average Bonchev–Trinajstić information content (AvgIpc) is 3.07. The number of amides is 2. The van der Waals surface area contributed by atoms with Crippen molar-refractivity contribution in [3.63, 3.8) is 0 Å². The number of hydrogen-bond acceptors (Lipinski definition) is 3. The highest BCUT2D eigenvalue weighted by molar-refractivity contribution is 5.92. The number of benzene rings is 1. The molecule has 2 unspecified atom stereocenters. The molecule has 2 aromatic rings. The number of nitrogens with one attached hydrogen (secondary N) is 1. The second-order valence-corrected chi connectivity index (χ2v) is 8.06. The molecule has 0 spiro atoms. The van der Waals surface area contributed by atoms with Gasteiger partial charge in [0.2, 0.25) is 11.8 Å². The van der Waals surface area contributed by atoms with Crippen molar-refractivity contribution in [3.05, 3.63) is 42.2 Å². The number of fused-ring (bicyclic) bond motifs is 1. The molecular formula is C24H36N4O2. The van der Waals surface area contributed by atoms with Crippen LogP contribution in [0.5, 0.6) is 0 Å². The van der Waals surface area contributed by atoms with E-state index >= 15 is 0 Å². The van der Waals surface area contributed by atoms with Crippen molar-refractivity contribution in [2.24, 2.45) is 0 Å². The van der Waals surface area contributed by atoms with Gasteiger partial charge in [0.15, 0.2) is 0 Å². The molecule has 0 saturated heterocycles. The summed E-state index contributed by atoms with van der Waals surface area (Å²) in [5.74, 6) is 0.873. The molecule has 0 saturated carbocycles. The second kappa shape index (κ2) is 11.0. The number of carbonyl (C=O) groups is 2. The van der Waals surface area contributed by atoms with E-state index in [4.69, 9.17) is 4.98 Å². The Morgan fingerprint density at radius 2 is 1.80 bits per heavy atom. The van der Waals surface area contributed by atoms with Gasteiger partial charge < -0.3 is 14.8 Å². The molecule has 6 heteroatoms. The maximum absolute atomic E-state index is 13.3. The molecule has 2 atom stereocenters. The van der Waals surface area contributed by atoms with Crippen LogP contribution < -0.4 is 5.32 Å². The predicted molar refractivity (Wildman–Crippen MR) is 122 cm³/mol. The first-order valence-electron chi connectivity index (χ1n) is 11.0. The van der Waals surface area contributed by atoms with E-state index in [2.05, 4.69) is 39.6 Å². The van der Waals surface area contributed by atoms with Crippen LogP contribution in [0.3, 0.4) is 0 Å². The first-order valence-corrected chi connectivity index (χ1v) is 11.0. The second-order valence-electron chi connectivity index (χ2n) is 8.06. The molecule has 2 rings (SSSR count). The zero-order chi connectivity index (χ0) is 22.3. The van der Waals surface area contributed by atoms with Crippen molar-refractivity contribution in [2.45, 2.75) is 78.9 Å². The summed E-state index contributed by atoms with van der Waals surface area (Å²) in [4.78, 5) is 31.8. The van der Waals surface area contributed by atoms with Gasteiger partial charge in [0.1, 0.15) is 12.4 Å². The van der Waals surface area contributed by atoms with Crippen LogP contribution in [0.15, 0.2) is 36.4 Å². The number of nitrogens with zero attached hydrogens (tertiary/aromatic N) is 3. The summed E-state index contributed by atoms with van der Waals surface area (Å²) in [7, 11) is 0. The summed E-state index contributed by atoms with van der Waals surface area (Å²) in [5.41, 5.74) is 2.37. The number of rotatable bonds is 11. The molecule has 1 N–H and O–H groups in total. The molecule has 0 aliphatic carbocycles. The topological polar surface area (TPSA) is 67.2 Å². The van der Waals surface area contributed by atoms with Gasteiger partial charge >= 0.3 is 0 Å². The van der Waals surface area contributed by atoms with Gasteiger partial charge in [0.05, 0.1) is 11.0 Å². The van der Waals surface area contributed by atoms with E-state index in [1.54, 1.807) is 6.92 Å². The first kappa shape index (κ1) is 23.6. The zero-order valence-electron chi connectivity index (χ0n) is 19.1. The van der Waals surface area contributed by atoms with Crippen LogP contribution in [0.2, 0.25) is 0 Å². The minimum atomic E-state index is -0.128. The Kier molecular flexibility index (Phi) is 8.63. The van der Waals surface area contributed by atoms with Crippen LogP contribution in [0.4, 0.5) is 0 Å². The van der Waals surface area contributed by atoms with Crippen LogP contribution in [0, 0.1) is 0 Å². The molecule has 164 valence electrons. The smallest absolute Gasteiger partial charge is 0.246 e. The fraction of sp³-hybridized carbons (Fsp3) is 0.542. The SMILES string of the molecule is C=C(C)C(=O)NCCCc1nc2ccccc2n1CC(=O)N(C(C)CC)C(C)CC. The third-order valence-electron chi connectivity index (χ3n) is 5.70. The number of carbonyl (C=O) groups excluding carboxylic acids is 2. The summed E-state index contributed by atoms with van der Waals surface area (Å²) in [6.07, 6.45) is 3.29. The van der Waals surface area contributed by atoms with Gasteiger partial charge in [-0.15, -0.1) is 0 Å². The van der Waals surface area contributed by atoms with Crippen molar-refractivity contribution in [1.29, 1.82) is 0 Å². The van der Waals surface area contributed by atoms with Gasteiger partial charge in [0, 0.05) is 30.6 Å². The maximum Gasteiger partial charge on any atom is 0.246 e. The summed E-state index contributed by atoms with van der Waals surface area (Å²) in [6.45, 7) is 14.6. The minimum Gasteiger partial charge on any atom is -0.352 e. The number of para-hydroxylation sites is 2. The van der Waals surface area contributed by atoms with E-state index in [1.807, 2.05) is 33.7 Å².